The van der Waals surface area contributed by atoms with Crippen molar-refractivity contribution in [3.8, 4) is 22.6 Å². The number of carbonyl (C=O) groups excluding carboxylic acids is 2. The summed E-state index contributed by atoms with van der Waals surface area (Å²) in [6.07, 6.45) is 0. The summed E-state index contributed by atoms with van der Waals surface area (Å²) in [5, 5.41) is 0. The molecular formula is C20H12O4. The number of esters is 2. The van der Waals surface area contributed by atoms with Crippen LogP contribution in [0.3, 0.4) is 0 Å². The van der Waals surface area contributed by atoms with Crippen LogP contribution in [-0.4, -0.2) is 11.9 Å². The van der Waals surface area contributed by atoms with Gasteiger partial charge in [-0.3, -0.25) is 0 Å². The summed E-state index contributed by atoms with van der Waals surface area (Å²) in [5.74, 6) is -0.204. The fourth-order valence-electron chi connectivity index (χ4n) is 2.65. The molecule has 0 aliphatic carbocycles. The minimum absolute atomic E-state index is 0.296. The van der Waals surface area contributed by atoms with Gasteiger partial charge in [0.25, 0.3) is 0 Å². The molecule has 0 saturated carbocycles. The van der Waals surface area contributed by atoms with E-state index in [9.17, 15) is 9.59 Å². The first-order valence-corrected chi connectivity index (χ1v) is 7.45. The van der Waals surface area contributed by atoms with Gasteiger partial charge in [-0.05, 0) is 30.3 Å². The first kappa shape index (κ1) is 14.2. The molecule has 0 saturated heterocycles. The molecule has 2 bridgehead atoms. The van der Waals surface area contributed by atoms with Crippen molar-refractivity contribution in [2.24, 2.45) is 0 Å². The van der Waals surface area contributed by atoms with Crippen LogP contribution >= 0.6 is 0 Å². The Balaban J connectivity index is 1.97. The van der Waals surface area contributed by atoms with E-state index in [0.717, 1.165) is 0 Å². The average Bonchev–Trinajstić information content (AvgIpc) is 2.63. The van der Waals surface area contributed by atoms with Gasteiger partial charge in [-0.25, -0.2) is 9.59 Å². The van der Waals surface area contributed by atoms with Gasteiger partial charge < -0.3 is 9.47 Å². The zero-order valence-electron chi connectivity index (χ0n) is 12.6. The maximum absolute atomic E-state index is 12.4. The summed E-state index contributed by atoms with van der Waals surface area (Å²) < 4.78 is 11.1. The molecule has 4 rings (SSSR count). The molecule has 0 N–H and O–H groups in total. The van der Waals surface area contributed by atoms with E-state index in [4.69, 9.17) is 9.47 Å². The van der Waals surface area contributed by atoms with Gasteiger partial charge in [0.2, 0.25) is 0 Å². The number of hydrogen-bond donors (Lipinski definition) is 0. The highest BCUT2D eigenvalue weighted by Gasteiger charge is 2.20. The van der Waals surface area contributed by atoms with E-state index in [-0.39, 0.29) is 0 Å². The van der Waals surface area contributed by atoms with Crippen molar-refractivity contribution < 1.29 is 19.1 Å². The van der Waals surface area contributed by atoms with Crippen LogP contribution in [0.2, 0.25) is 0 Å². The minimum atomic E-state index is -0.517. The largest absolute Gasteiger partial charge is 0.422 e. The summed E-state index contributed by atoms with van der Waals surface area (Å²) in [5.41, 5.74) is 1.96. The van der Waals surface area contributed by atoms with Crippen molar-refractivity contribution in [2.75, 3.05) is 0 Å². The molecule has 4 heteroatoms. The SMILES string of the molecule is O=C1Oc2ccccc2-c2ccccc2OC(=O)c2cccc1c2. The number of benzene rings is 3. The molecule has 0 radical (unpaired) electrons. The smallest absolute Gasteiger partial charge is 0.343 e. The van der Waals surface area contributed by atoms with Crippen LogP contribution in [0.1, 0.15) is 20.7 Å². The predicted octanol–water partition coefficient (Wildman–Crippen LogP) is 4.11. The molecule has 3 aromatic rings. The number of ether oxygens (including phenoxy) is 2. The summed E-state index contributed by atoms with van der Waals surface area (Å²) in [6, 6.07) is 20.6. The van der Waals surface area contributed by atoms with Gasteiger partial charge in [0.1, 0.15) is 11.5 Å². The molecule has 0 fully saturated rings. The highest BCUT2D eigenvalue weighted by atomic mass is 16.5. The van der Waals surface area contributed by atoms with Crippen molar-refractivity contribution in [3.63, 3.8) is 0 Å². The maximum Gasteiger partial charge on any atom is 0.343 e. The first-order valence-electron chi connectivity index (χ1n) is 7.45. The molecule has 4 nitrogen and oxygen atoms in total. The van der Waals surface area contributed by atoms with Crippen LogP contribution in [0.4, 0.5) is 0 Å². The van der Waals surface area contributed by atoms with Crippen molar-refractivity contribution in [1.82, 2.24) is 0 Å². The van der Waals surface area contributed by atoms with Crippen LogP contribution in [0.15, 0.2) is 72.8 Å². The van der Waals surface area contributed by atoms with E-state index in [0.29, 0.717) is 33.8 Å². The van der Waals surface area contributed by atoms with Gasteiger partial charge in [0, 0.05) is 11.1 Å². The van der Waals surface area contributed by atoms with Gasteiger partial charge in [0.05, 0.1) is 11.1 Å². The van der Waals surface area contributed by atoms with Crippen molar-refractivity contribution in [1.29, 1.82) is 0 Å². The zero-order chi connectivity index (χ0) is 16.5. The third-order valence-corrected chi connectivity index (χ3v) is 3.80. The standard InChI is InChI=1S/C20H12O4/c21-19-13-6-5-7-14(12-13)20(22)24-18-11-4-2-9-16(18)15-8-1-3-10-17(15)23-19/h1-12H. The van der Waals surface area contributed by atoms with Gasteiger partial charge in [-0.1, -0.05) is 42.5 Å². The van der Waals surface area contributed by atoms with Crippen LogP contribution in [0.25, 0.3) is 11.1 Å². The molecule has 116 valence electrons. The number of rotatable bonds is 0. The number of carbonyl (C=O) groups is 2. The Hall–Kier alpha value is -3.40. The minimum Gasteiger partial charge on any atom is -0.422 e. The second kappa shape index (κ2) is 5.66. The number of fused-ring (bicyclic) bond motifs is 5. The first-order chi connectivity index (χ1) is 11.7. The average molecular weight is 316 g/mol. The van der Waals surface area contributed by atoms with E-state index < -0.39 is 11.9 Å². The van der Waals surface area contributed by atoms with Crippen LogP contribution in [0, 0.1) is 0 Å². The van der Waals surface area contributed by atoms with E-state index >= 15 is 0 Å². The van der Waals surface area contributed by atoms with Gasteiger partial charge in [-0.15, -0.1) is 0 Å². The molecule has 1 aliphatic rings. The summed E-state index contributed by atoms with van der Waals surface area (Å²) >= 11 is 0. The monoisotopic (exact) mass is 316 g/mol. The normalized spacial score (nSPS) is 13.0. The fraction of sp³-hybridized carbons (Fsp3) is 0. The molecule has 0 atom stereocenters. The van der Waals surface area contributed by atoms with Crippen molar-refractivity contribution >= 4 is 11.9 Å². The van der Waals surface area contributed by atoms with E-state index in [1.54, 1.807) is 42.5 Å². The van der Waals surface area contributed by atoms with Crippen molar-refractivity contribution in [3.05, 3.63) is 83.9 Å². The zero-order valence-corrected chi connectivity index (χ0v) is 12.6. The second-order valence-corrected chi connectivity index (χ2v) is 5.35. The van der Waals surface area contributed by atoms with Gasteiger partial charge in [-0.2, -0.15) is 0 Å². The topological polar surface area (TPSA) is 52.6 Å². The molecule has 3 aromatic carbocycles. The van der Waals surface area contributed by atoms with E-state index in [2.05, 4.69) is 0 Å². The van der Waals surface area contributed by atoms with Crippen LogP contribution in [0.5, 0.6) is 11.5 Å². The number of para-hydroxylation sites is 2. The Bertz CT molecular complexity index is 884. The van der Waals surface area contributed by atoms with Crippen molar-refractivity contribution in [2.45, 2.75) is 0 Å². The third-order valence-electron chi connectivity index (χ3n) is 3.80. The van der Waals surface area contributed by atoms with E-state index in [1.165, 1.54) is 6.07 Å². The maximum atomic E-state index is 12.4. The molecule has 1 aliphatic heterocycles. The quantitative estimate of drug-likeness (QED) is 0.463. The van der Waals surface area contributed by atoms with Crippen LogP contribution < -0.4 is 9.47 Å². The third kappa shape index (κ3) is 2.44. The Labute approximate surface area is 138 Å². The Morgan fingerprint density at radius 1 is 0.542 bits per heavy atom. The summed E-state index contributed by atoms with van der Waals surface area (Å²) in [6.45, 7) is 0. The molecule has 0 aromatic heterocycles. The lowest BCUT2D eigenvalue weighted by molar-refractivity contribution is 0.0732. The van der Waals surface area contributed by atoms with Gasteiger partial charge >= 0.3 is 11.9 Å². The highest BCUT2D eigenvalue weighted by Crippen LogP contribution is 2.37. The predicted molar refractivity (Wildman–Crippen MR) is 88.2 cm³/mol. The van der Waals surface area contributed by atoms with Gasteiger partial charge in [0.15, 0.2) is 0 Å². The molecular weight excluding hydrogens is 304 g/mol. The summed E-state index contributed by atoms with van der Waals surface area (Å²) in [4.78, 5) is 24.8. The lowest BCUT2D eigenvalue weighted by atomic mass is 10.0. The van der Waals surface area contributed by atoms with E-state index in [1.807, 2.05) is 24.3 Å². The second-order valence-electron chi connectivity index (χ2n) is 5.35. The number of hydrogen-bond acceptors (Lipinski definition) is 4. The lowest BCUT2D eigenvalue weighted by Gasteiger charge is -2.12. The molecule has 0 unspecified atom stereocenters. The Kier molecular flexibility index (Phi) is 3.35. The Morgan fingerprint density at radius 2 is 1.00 bits per heavy atom. The summed E-state index contributed by atoms with van der Waals surface area (Å²) in [7, 11) is 0. The Morgan fingerprint density at radius 3 is 1.50 bits per heavy atom. The van der Waals surface area contributed by atoms with Crippen LogP contribution in [-0.2, 0) is 0 Å². The molecule has 0 amide bonds. The molecule has 1 heterocycles. The fourth-order valence-corrected chi connectivity index (χ4v) is 2.65. The molecule has 24 heavy (non-hydrogen) atoms. The molecule has 0 spiro atoms. The lowest BCUT2D eigenvalue weighted by Crippen LogP contribution is -2.11. The highest BCUT2D eigenvalue weighted by molar-refractivity contribution is 5.98.